The summed E-state index contributed by atoms with van der Waals surface area (Å²) in [6, 6.07) is 0. The zero-order chi connectivity index (χ0) is 14.8. The van der Waals surface area contributed by atoms with Gasteiger partial charge in [0.1, 0.15) is 5.60 Å². The number of hydrogen-bond acceptors (Lipinski definition) is 2. The molecule has 0 aromatic carbocycles. The Balaban J connectivity index is 0. The van der Waals surface area contributed by atoms with Crippen molar-refractivity contribution in [1.29, 1.82) is 0 Å². The Morgan fingerprint density at radius 2 is 1.56 bits per heavy atom. The van der Waals surface area contributed by atoms with Crippen LogP contribution < -0.4 is 0 Å². The molecule has 1 heterocycles. The van der Waals surface area contributed by atoms with Crippen molar-refractivity contribution in [2.45, 2.75) is 53.1 Å². The first-order chi connectivity index (χ1) is 8.38. The molecular weight excluding hydrogens is 226 g/mol. The molecule has 1 amide bonds. The van der Waals surface area contributed by atoms with Crippen LogP contribution in [0.3, 0.4) is 0 Å². The number of amides is 1. The van der Waals surface area contributed by atoms with Crippen molar-refractivity contribution in [3.63, 3.8) is 0 Å². The van der Waals surface area contributed by atoms with E-state index in [9.17, 15) is 4.79 Å². The molecule has 1 aliphatic rings. The van der Waals surface area contributed by atoms with E-state index in [2.05, 4.69) is 19.7 Å². The number of carbonyl (C=O) groups is 1. The molecule has 0 aromatic heterocycles. The molecule has 0 N–H and O–H groups in total. The van der Waals surface area contributed by atoms with E-state index in [1.807, 2.05) is 34.6 Å². The average molecular weight is 255 g/mol. The minimum Gasteiger partial charge on any atom is -0.444 e. The van der Waals surface area contributed by atoms with Gasteiger partial charge in [0, 0.05) is 13.1 Å². The van der Waals surface area contributed by atoms with Gasteiger partial charge in [-0.05, 0) is 33.6 Å². The summed E-state index contributed by atoms with van der Waals surface area (Å²) < 4.78 is 5.27. The molecule has 106 valence electrons. The minimum absolute atomic E-state index is 0.204. The third kappa shape index (κ3) is 8.85. The summed E-state index contributed by atoms with van der Waals surface area (Å²) in [7, 11) is 0. The Morgan fingerprint density at radius 3 is 1.89 bits per heavy atom. The molecule has 0 aliphatic carbocycles. The summed E-state index contributed by atoms with van der Waals surface area (Å²) in [5, 5.41) is 0. The predicted octanol–water partition coefficient (Wildman–Crippen LogP) is 4.40. The molecular formula is C15H29NO2. The lowest BCUT2D eigenvalue weighted by Crippen LogP contribution is -2.40. The molecule has 1 fully saturated rings. The monoisotopic (exact) mass is 255 g/mol. The molecule has 3 heteroatoms. The van der Waals surface area contributed by atoms with Crippen LogP contribution in [0, 0.1) is 0 Å². The molecule has 0 radical (unpaired) electrons. The van der Waals surface area contributed by atoms with Gasteiger partial charge < -0.3 is 9.64 Å². The molecule has 1 aliphatic heterocycles. The first kappa shape index (κ1) is 19.1. The minimum atomic E-state index is -0.397. The number of hydrogen-bond donors (Lipinski definition) is 0. The third-order valence-corrected chi connectivity index (χ3v) is 2.12. The van der Waals surface area contributed by atoms with Crippen LogP contribution >= 0.6 is 0 Å². The maximum Gasteiger partial charge on any atom is 0.410 e. The highest BCUT2D eigenvalue weighted by atomic mass is 16.6. The van der Waals surface area contributed by atoms with Gasteiger partial charge in [-0.1, -0.05) is 26.0 Å². The lowest BCUT2D eigenvalue weighted by Gasteiger charge is -2.30. The Labute approximate surface area is 113 Å². The van der Waals surface area contributed by atoms with Gasteiger partial charge in [-0.15, -0.1) is 13.2 Å². The van der Waals surface area contributed by atoms with Crippen LogP contribution in [0.1, 0.15) is 47.5 Å². The molecule has 0 bridgehead atoms. The highest BCUT2D eigenvalue weighted by molar-refractivity contribution is 5.68. The van der Waals surface area contributed by atoms with E-state index in [4.69, 9.17) is 4.74 Å². The molecule has 1 saturated heterocycles. The second-order valence-corrected chi connectivity index (χ2v) is 4.72. The van der Waals surface area contributed by atoms with Crippen LogP contribution in [0.5, 0.6) is 0 Å². The summed E-state index contributed by atoms with van der Waals surface area (Å²) in [6.07, 6.45) is 1.60. The van der Waals surface area contributed by atoms with Crippen LogP contribution in [0.15, 0.2) is 25.3 Å². The lowest BCUT2D eigenvalue weighted by atomic mass is 10.1. The van der Waals surface area contributed by atoms with Crippen LogP contribution in [0.2, 0.25) is 0 Å². The fourth-order valence-corrected chi connectivity index (χ4v) is 1.33. The van der Waals surface area contributed by atoms with Crippen molar-refractivity contribution in [2.75, 3.05) is 13.1 Å². The van der Waals surface area contributed by atoms with Crippen LogP contribution in [-0.4, -0.2) is 29.7 Å². The summed E-state index contributed by atoms with van der Waals surface area (Å²) in [5.74, 6) is 0. The second kappa shape index (κ2) is 9.75. The maximum atomic E-state index is 11.6. The first-order valence-corrected chi connectivity index (χ1v) is 6.53. The standard InChI is InChI=1S/C11H19NO2.C2H6.C2H4/c1-9-5-7-12(8-6-9)10(13)14-11(2,3)4;2*1-2/h1,5-8H2,2-4H3;1-2H3;1-2H2. The van der Waals surface area contributed by atoms with Crippen molar-refractivity contribution < 1.29 is 9.53 Å². The van der Waals surface area contributed by atoms with Crippen molar-refractivity contribution in [1.82, 2.24) is 4.90 Å². The summed E-state index contributed by atoms with van der Waals surface area (Å²) in [4.78, 5) is 13.3. The SMILES string of the molecule is C=C.C=C1CCN(C(=O)OC(C)(C)C)CC1.CC. The highest BCUT2D eigenvalue weighted by Crippen LogP contribution is 2.17. The Morgan fingerprint density at radius 1 is 1.17 bits per heavy atom. The first-order valence-electron chi connectivity index (χ1n) is 6.53. The molecule has 0 atom stereocenters. The number of rotatable bonds is 0. The van der Waals surface area contributed by atoms with E-state index in [-0.39, 0.29) is 6.09 Å². The van der Waals surface area contributed by atoms with Gasteiger partial charge in [0.15, 0.2) is 0 Å². The van der Waals surface area contributed by atoms with Crippen molar-refractivity contribution in [3.05, 3.63) is 25.3 Å². The van der Waals surface area contributed by atoms with Gasteiger partial charge in [0.05, 0.1) is 0 Å². The van der Waals surface area contributed by atoms with Gasteiger partial charge in [0.2, 0.25) is 0 Å². The normalized spacial score (nSPS) is 14.7. The Kier molecular flexibility index (Phi) is 10.3. The molecule has 1 rings (SSSR count). The molecule has 0 aromatic rings. The number of ether oxygens (including phenoxy) is 1. The van der Waals surface area contributed by atoms with E-state index in [1.54, 1.807) is 4.90 Å². The Hall–Kier alpha value is -1.25. The van der Waals surface area contributed by atoms with Gasteiger partial charge in [-0.2, -0.15) is 0 Å². The zero-order valence-electron chi connectivity index (χ0n) is 12.7. The zero-order valence-corrected chi connectivity index (χ0v) is 12.7. The van der Waals surface area contributed by atoms with Crippen molar-refractivity contribution in [2.24, 2.45) is 0 Å². The topological polar surface area (TPSA) is 29.5 Å². The number of piperidine rings is 1. The van der Waals surface area contributed by atoms with Crippen LogP contribution in [-0.2, 0) is 4.74 Å². The molecule has 18 heavy (non-hydrogen) atoms. The average Bonchev–Trinajstić information content (AvgIpc) is 2.33. The summed E-state index contributed by atoms with van der Waals surface area (Å²) in [6.45, 7) is 21.0. The highest BCUT2D eigenvalue weighted by Gasteiger charge is 2.23. The van der Waals surface area contributed by atoms with Gasteiger partial charge in [-0.3, -0.25) is 0 Å². The maximum absolute atomic E-state index is 11.6. The number of likely N-dealkylation sites (tertiary alicyclic amines) is 1. The van der Waals surface area contributed by atoms with Crippen molar-refractivity contribution >= 4 is 6.09 Å². The third-order valence-electron chi connectivity index (χ3n) is 2.12. The van der Waals surface area contributed by atoms with E-state index in [1.165, 1.54) is 5.57 Å². The van der Waals surface area contributed by atoms with E-state index >= 15 is 0 Å². The lowest BCUT2D eigenvalue weighted by molar-refractivity contribution is 0.0236. The van der Waals surface area contributed by atoms with Crippen LogP contribution in [0.4, 0.5) is 4.79 Å². The fourth-order valence-electron chi connectivity index (χ4n) is 1.33. The largest absolute Gasteiger partial charge is 0.444 e. The number of nitrogens with zero attached hydrogens (tertiary/aromatic N) is 1. The molecule has 0 saturated carbocycles. The van der Waals surface area contributed by atoms with Crippen molar-refractivity contribution in [3.8, 4) is 0 Å². The molecule has 0 unspecified atom stereocenters. The smallest absolute Gasteiger partial charge is 0.410 e. The fraction of sp³-hybridized carbons (Fsp3) is 0.667. The second-order valence-electron chi connectivity index (χ2n) is 4.72. The van der Waals surface area contributed by atoms with E-state index < -0.39 is 5.60 Å². The predicted molar refractivity (Wildman–Crippen MR) is 78.8 cm³/mol. The summed E-state index contributed by atoms with van der Waals surface area (Å²) >= 11 is 0. The van der Waals surface area contributed by atoms with Gasteiger partial charge in [0.25, 0.3) is 0 Å². The Bertz CT molecular complexity index is 244. The van der Waals surface area contributed by atoms with Gasteiger partial charge in [-0.25, -0.2) is 4.79 Å². The van der Waals surface area contributed by atoms with Crippen LogP contribution in [0.25, 0.3) is 0 Å². The molecule has 3 nitrogen and oxygen atoms in total. The van der Waals surface area contributed by atoms with E-state index in [0.717, 1.165) is 25.9 Å². The number of carbonyl (C=O) groups excluding carboxylic acids is 1. The summed E-state index contributed by atoms with van der Waals surface area (Å²) in [5.41, 5.74) is 0.829. The van der Waals surface area contributed by atoms with E-state index in [0.29, 0.717) is 0 Å². The molecule has 0 spiro atoms. The van der Waals surface area contributed by atoms with Gasteiger partial charge >= 0.3 is 6.09 Å². The quantitative estimate of drug-likeness (QED) is 0.600.